The van der Waals surface area contributed by atoms with E-state index in [-0.39, 0.29) is 25.7 Å². The van der Waals surface area contributed by atoms with Crippen LogP contribution in [0.2, 0.25) is 0 Å². The zero-order chi connectivity index (χ0) is 78.9. The van der Waals surface area contributed by atoms with Gasteiger partial charge in [0.15, 0.2) is 12.2 Å². The van der Waals surface area contributed by atoms with Gasteiger partial charge in [-0.15, -0.1) is 0 Å². The predicted molar refractivity (Wildman–Crippen MR) is 445 cm³/mol. The highest BCUT2D eigenvalue weighted by molar-refractivity contribution is 7.47. The zero-order valence-electron chi connectivity index (χ0n) is 66.7. The normalized spacial score (nSPS) is 14.8. The number of hydrogen-bond acceptors (Lipinski definition) is 15. The minimum atomic E-state index is -5.01. The molecule has 108 heavy (non-hydrogen) atoms. The average Bonchev–Trinajstić information content (AvgIpc) is 0.916. The molecule has 0 aliphatic carbocycles. The van der Waals surface area contributed by atoms with Crippen LogP contribution in [0.3, 0.4) is 0 Å². The molecule has 0 saturated heterocycles. The van der Waals surface area contributed by atoms with Crippen molar-refractivity contribution in [1.29, 1.82) is 0 Å². The molecule has 17 nitrogen and oxygen atoms in total. The molecule has 0 radical (unpaired) electrons. The molecule has 5 unspecified atom stereocenters. The van der Waals surface area contributed by atoms with Crippen LogP contribution in [-0.4, -0.2) is 96.7 Å². The molecule has 0 bridgehead atoms. The van der Waals surface area contributed by atoms with Crippen LogP contribution in [0, 0.1) is 0 Å². The third-order valence-electron chi connectivity index (χ3n) is 16.1. The highest BCUT2D eigenvalue weighted by Crippen LogP contribution is 2.45. The molecular formula is C89H142O17P2. The van der Waals surface area contributed by atoms with Gasteiger partial charge in [0, 0.05) is 25.7 Å². The van der Waals surface area contributed by atoms with Gasteiger partial charge in [0.25, 0.3) is 0 Å². The number of unbranched alkanes of at least 4 members (excludes halogenated alkanes) is 16. The fraction of sp³-hybridized carbons (Fsp3) is 0.596. The largest absolute Gasteiger partial charge is 0.472 e. The van der Waals surface area contributed by atoms with E-state index in [0.717, 1.165) is 167 Å². The number of phosphoric acid groups is 2. The Bertz CT molecular complexity index is 2810. The molecule has 0 aromatic rings. The Hall–Kier alpha value is -6.10. The average molecular weight is 1550 g/mol. The second kappa shape index (κ2) is 79.0. The number of aliphatic hydroxyl groups excluding tert-OH is 1. The van der Waals surface area contributed by atoms with Crippen molar-refractivity contribution in [3.8, 4) is 0 Å². The number of phosphoric ester groups is 2. The summed E-state index contributed by atoms with van der Waals surface area (Å²) in [6, 6.07) is 0. The minimum absolute atomic E-state index is 0.0251. The summed E-state index contributed by atoms with van der Waals surface area (Å²) in [4.78, 5) is 73.0. The fourth-order valence-corrected chi connectivity index (χ4v) is 11.6. The third-order valence-corrected chi connectivity index (χ3v) is 18.0. The molecule has 0 aliphatic rings. The van der Waals surface area contributed by atoms with Gasteiger partial charge in [0.05, 0.1) is 26.4 Å². The zero-order valence-corrected chi connectivity index (χ0v) is 68.5. The summed E-state index contributed by atoms with van der Waals surface area (Å²) in [6.45, 7) is 4.31. The minimum Gasteiger partial charge on any atom is -0.462 e. The molecule has 3 N–H and O–H groups in total. The molecular weight excluding hydrogens is 1400 g/mol. The molecule has 0 rings (SSSR count). The van der Waals surface area contributed by atoms with Crippen LogP contribution >= 0.6 is 15.6 Å². The highest BCUT2D eigenvalue weighted by atomic mass is 31.2. The van der Waals surface area contributed by atoms with Gasteiger partial charge in [0.1, 0.15) is 19.3 Å². The Morgan fingerprint density at radius 3 is 0.787 bits per heavy atom. The Morgan fingerprint density at radius 1 is 0.269 bits per heavy atom. The molecule has 0 aromatic carbocycles. The van der Waals surface area contributed by atoms with Crippen LogP contribution in [0.25, 0.3) is 0 Å². The Kier molecular flexibility index (Phi) is 74.5. The van der Waals surface area contributed by atoms with E-state index in [0.29, 0.717) is 38.5 Å². The molecule has 0 amide bonds. The fourth-order valence-electron chi connectivity index (χ4n) is 9.99. The van der Waals surface area contributed by atoms with Crippen LogP contribution < -0.4 is 0 Å². The summed E-state index contributed by atoms with van der Waals surface area (Å²) in [7, 11) is -10.0. The van der Waals surface area contributed by atoms with E-state index in [4.69, 9.17) is 37.0 Å². The van der Waals surface area contributed by atoms with Crippen molar-refractivity contribution in [3.63, 3.8) is 0 Å². The molecule has 0 heterocycles. The van der Waals surface area contributed by atoms with Gasteiger partial charge < -0.3 is 33.8 Å². The van der Waals surface area contributed by atoms with Gasteiger partial charge >= 0.3 is 39.5 Å². The van der Waals surface area contributed by atoms with Crippen LogP contribution in [0.5, 0.6) is 0 Å². The van der Waals surface area contributed by atoms with Gasteiger partial charge in [0.2, 0.25) is 0 Å². The number of esters is 4. The summed E-state index contributed by atoms with van der Waals surface area (Å²) in [5.74, 6) is -2.41. The number of carbonyl (C=O) groups is 4. The predicted octanol–water partition coefficient (Wildman–Crippen LogP) is 24.1. The lowest BCUT2D eigenvalue weighted by Crippen LogP contribution is -2.30. The number of ether oxygens (including phenoxy) is 4. The summed E-state index contributed by atoms with van der Waals surface area (Å²) in [5, 5.41) is 10.7. The standard InChI is InChI=1S/C89H142O17P2/c1-5-9-13-17-21-25-29-33-36-39-41-44-46-50-53-57-61-65-69-73-86(91)99-79-84(105-88(93)75-71-67-63-59-55-49-32-28-24-20-16-12-8-4)81-103-107(95,96)101-77-83(90)78-102-108(97,98)104-82-85(106-89(94)76-72-68-64-60-56-52-48-43-38-35-31-27-23-19-15-11-7-3)80-100-87(92)74-70-66-62-58-54-51-47-45-42-40-37-34-30-26-22-18-14-10-6-2/h9-11,13-15,21-23,25-28,32-38,41-42,44-45,50-51,53-54,61-62,65-66,83-85,90H,5-8,12,16-20,24,29-31,39-40,43,46-49,52,55-60,63-64,67-82H2,1-4H3,(H,95,96)(H,97,98)/b13-9-,14-10-,15-11-,25-21-,26-22-,27-23-,32-28-,36-33-,37-34-,38-35-,44-41-,45-42-,53-50-,54-51-,65-61-,66-62-. The second-order valence-corrected chi connectivity index (χ2v) is 29.1. The maximum Gasteiger partial charge on any atom is 0.472 e. The summed E-state index contributed by atoms with van der Waals surface area (Å²) >= 11 is 0. The van der Waals surface area contributed by atoms with E-state index in [1.54, 1.807) is 0 Å². The van der Waals surface area contributed by atoms with Crippen molar-refractivity contribution in [1.82, 2.24) is 0 Å². The lowest BCUT2D eigenvalue weighted by molar-refractivity contribution is -0.161. The van der Waals surface area contributed by atoms with Crippen molar-refractivity contribution >= 4 is 39.5 Å². The van der Waals surface area contributed by atoms with Crippen molar-refractivity contribution in [3.05, 3.63) is 194 Å². The van der Waals surface area contributed by atoms with Crippen molar-refractivity contribution in [2.24, 2.45) is 0 Å². The summed E-state index contributed by atoms with van der Waals surface area (Å²) in [5.41, 5.74) is 0. The number of hydrogen-bond donors (Lipinski definition) is 3. The van der Waals surface area contributed by atoms with Crippen LogP contribution in [0.1, 0.15) is 285 Å². The maximum atomic E-state index is 13.1. The molecule has 0 spiro atoms. The molecule has 0 aromatic heterocycles. The van der Waals surface area contributed by atoms with E-state index in [9.17, 15) is 43.2 Å². The number of rotatable bonds is 74. The van der Waals surface area contributed by atoms with Gasteiger partial charge in [-0.3, -0.25) is 37.3 Å². The third kappa shape index (κ3) is 78.0. The van der Waals surface area contributed by atoms with Gasteiger partial charge in [-0.1, -0.05) is 293 Å². The highest BCUT2D eigenvalue weighted by Gasteiger charge is 2.30. The number of carbonyl (C=O) groups excluding carboxylic acids is 4. The van der Waals surface area contributed by atoms with Crippen molar-refractivity contribution in [2.45, 2.75) is 303 Å². The molecule has 5 atom stereocenters. The number of aliphatic hydroxyl groups is 1. The van der Waals surface area contributed by atoms with E-state index in [2.05, 4.69) is 186 Å². The van der Waals surface area contributed by atoms with Crippen molar-refractivity contribution < 1.29 is 80.2 Å². The molecule has 0 fully saturated rings. The SMILES string of the molecule is CC/C=C\C/C=C\C/C=C\C/C=C\C/C=C\C/C=C\CCC(=O)OCC(COP(=O)(O)OCC(O)COP(=O)(O)OCC(COC(=O)CC/C=C\C/C=C\C/C=C\C/C=C\C/C=C\C/C=C\CC)OC(=O)CCCCCCCCC/C=C\C/C=C\C/C=C\CC)OC(=O)CCCCCCC/C=C\CCCCCC. The first-order chi connectivity index (χ1) is 52.7. The molecule has 610 valence electrons. The Labute approximate surface area is 653 Å². The molecule has 19 heteroatoms. The van der Waals surface area contributed by atoms with Crippen molar-refractivity contribution in [2.75, 3.05) is 39.6 Å². The first kappa shape index (κ1) is 102. The first-order valence-electron chi connectivity index (χ1n) is 40.7. The van der Waals surface area contributed by atoms with E-state index >= 15 is 0 Å². The monoisotopic (exact) mass is 1540 g/mol. The maximum absolute atomic E-state index is 13.1. The smallest absolute Gasteiger partial charge is 0.462 e. The lowest BCUT2D eigenvalue weighted by Gasteiger charge is -2.21. The second-order valence-electron chi connectivity index (χ2n) is 26.2. The van der Waals surface area contributed by atoms with Gasteiger partial charge in [-0.05, 0) is 161 Å². The Morgan fingerprint density at radius 2 is 0.500 bits per heavy atom. The summed E-state index contributed by atoms with van der Waals surface area (Å²) < 4.78 is 68.5. The number of allylic oxidation sites excluding steroid dienone is 32. The lowest BCUT2D eigenvalue weighted by atomic mass is 10.1. The molecule has 0 aliphatic heterocycles. The van der Waals surface area contributed by atoms with Crippen LogP contribution in [-0.2, 0) is 65.4 Å². The van der Waals surface area contributed by atoms with Crippen LogP contribution in [0.15, 0.2) is 194 Å². The Balaban J connectivity index is 5.52. The van der Waals surface area contributed by atoms with E-state index < -0.39 is 97.5 Å². The first-order valence-corrected chi connectivity index (χ1v) is 43.7. The quantitative estimate of drug-likeness (QED) is 0.0169. The van der Waals surface area contributed by atoms with E-state index in [1.165, 1.54) is 25.7 Å². The van der Waals surface area contributed by atoms with E-state index in [1.807, 2.05) is 36.5 Å². The molecule has 0 saturated carbocycles. The van der Waals surface area contributed by atoms with Gasteiger partial charge in [-0.25, -0.2) is 9.13 Å². The summed E-state index contributed by atoms with van der Waals surface area (Å²) in [6.07, 6.45) is 97.2. The van der Waals surface area contributed by atoms with Gasteiger partial charge in [-0.2, -0.15) is 0 Å². The topological polar surface area (TPSA) is 237 Å². The van der Waals surface area contributed by atoms with Crippen LogP contribution in [0.4, 0.5) is 0 Å².